The molecule has 0 heterocycles. The van der Waals surface area contributed by atoms with Crippen molar-refractivity contribution in [1.29, 1.82) is 0 Å². The predicted octanol–water partition coefficient (Wildman–Crippen LogP) is 2.72. The summed E-state index contributed by atoms with van der Waals surface area (Å²) in [5.74, 6) is 0.381. The van der Waals surface area contributed by atoms with Crippen molar-refractivity contribution in [2.75, 3.05) is 7.11 Å². The van der Waals surface area contributed by atoms with E-state index in [0.29, 0.717) is 11.3 Å². The summed E-state index contributed by atoms with van der Waals surface area (Å²) >= 11 is 0. The molecule has 108 valence electrons. The maximum Gasteiger partial charge on any atom is 0.228 e. The molecular formula is C16H21NO3. The second-order valence-electron chi connectivity index (χ2n) is 5.23. The molecule has 0 spiro atoms. The van der Waals surface area contributed by atoms with E-state index in [1.54, 1.807) is 31.4 Å². The minimum absolute atomic E-state index is 0.0805. The molecule has 1 aliphatic rings. The number of methoxy groups -OCH3 is 1. The Hall–Kier alpha value is -1.84. The quantitative estimate of drug-likeness (QED) is 0.664. The monoisotopic (exact) mass is 275 g/mol. The van der Waals surface area contributed by atoms with Crippen molar-refractivity contribution in [3.8, 4) is 5.75 Å². The van der Waals surface area contributed by atoms with Crippen LogP contribution in [0.4, 0.5) is 0 Å². The first-order chi connectivity index (χ1) is 9.69. The lowest BCUT2D eigenvalue weighted by Crippen LogP contribution is -2.37. The molecule has 0 saturated heterocycles. The highest BCUT2D eigenvalue weighted by molar-refractivity contribution is 6.07. The molecule has 0 aliphatic heterocycles. The molecule has 0 unspecified atom stereocenters. The Morgan fingerprint density at radius 1 is 1.15 bits per heavy atom. The van der Waals surface area contributed by atoms with E-state index in [1.165, 1.54) is 6.42 Å². The van der Waals surface area contributed by atoms with Gasteiger partial charge in [0.1, 0.15) is 5.75 Å². The number of nitrogens with one attached hydrogen (secondary N) is 1. The third-order valence-electron chi connectivity index (χ3n) is 3.70. The van der Waals surface area contributed by atoms with Crippen LogP contribution < -0.4 is 10.1 Å². The van der Waals surface area contributed by atoms with Gasteiger partial charge in [-0.1, -0.05) is 19.3 Å². The zero-order valence-corrected chi connectivity index (χ0v) is 11.9. The van der Waals surface area contributed by atoms with Gasteiger partial charge in [-0.3, -0.25) is 9.59 Å². The largest absolute Gasteiger partial charge is 0.497 e. The van der Waals surface area contributed by atoms with Gasteiger partial charge in [0.25, 0.3) is 0 Å². The molecule has 2 rings (SSSR count). The summed E-state index contributed by atoms with van der Waals surface area (Å²) < 4.78 is 5.04. The molecule has 1 N–H and O–H groups in total. The number of amides is 1. The topological polar surface area (TPSA) is 55.4 Å². The lowest BCUT2D eigenvalue weighted by molar-refractivity contribution is -0.121. The van der Waals surface area contributed by atoms with Gasteiger partial charge in [-0.2, -0.15) is 0 Å². The second kappa shape index (κ2) is 7.08. The molecule has 4 nitrogen and oxygen atoms in total. The van der Waals surface area contributed by atoms with Crippen LogP contribution in [0.3, 0.4) is 0 Å². The van der Waals surface area contributed by atoms with E-state index < -0.39 is 0 Å². The standard InChI is InChI=1S/C16H21NO3/c1-20-14-9-7-12(8-10-14)15(18)11-16(19)17-13-5-3-2-4-6-13/h7-10,13H,2-6,11H2,1H3,(H,17,19). The van der Waals surface area contributed by atoms with Crippen LogP contribution in [0.1, 0.15) is 48.9 Å². The zero-order valence-electron chi connectivity index (χ0n) is 11.9. The lowest BCUT2D eigenvalue weighted by atomic mass is 9.95. The van der Waals surface area contributed by atoms with Gasteiger partial charge in [0.15, 0.2) is 5.78 Å². The summed E-state index contributed by atoms with van der Waals surface area (Å²) in [6, 6.07) is 7.09. The molecule has 0 aromatic heterocycles. The van der Waals surface area contributed by atoms with Crippen LogP contribution in [-0.4, -0.2) is 24.8 Å². The summed E-state index contributed by atoms with van der Waals surface area (Å²) in [5, 5.41) is 2.96. The van der Waals surface area contributed by atoms with Crippen LogP contribution in [0.25, 0.3) is 0 Å². The summed E-state index contributed by atoms with van der Waals surface area (Å²) in [4.78, 5) is 23.9. The van der Waals surface area contributed by atoms with E-state index in [0.717, 1.165) is 25.7 Å². The number of rotatable bonds is 5. The van der Waals surface area contributed by atoms with Crippen LogP contribution in [0.2, 0.25) is 0 Å². The van der Waals surface area contributed by atoms with E-state index in [2.05, 4.69) is 5.32 Å². The molecule has 4 heteroatoms. The maximum absolute atomic E-state index is 12.0. The fraction of sp³-hybridized carbons (Fsp3) is 0.500. The maximum atomic E-state index is 12.0. The number of ketones is 1. The smallest absolute Gasteiger partial charge is 0.228 e. The number of Topliss-reactive ketones (excluding diaryl/α,β-unsaturated/α-hetero) is 1. The highest BCUT2D eigenvalue weighted by atomic mass is 16.5. The van der Waals surface area contributed by atoms with Gasteiger partial charge in [0.05, 0.1) is 13.5 Å². The molecular weight excluding hydrogens is 254 g/mol. The predicted molar refractivity (Wildman–Crippen MR) is 77.0 cm³/mol. The number of carbonyl (C=O) groups is 2. The Bertz CT molecular complexity index is 461. The van der Waals surface area contributed by atoms with Gasteiger partial charge in [-0.25, -0.2) is 0 Å². The van der Waals surface area contributed by atoms with Crippen LogP contribution in [0, 0.1) is 0 Å². The van der Waals surface area contributed by atoms with Crippen molar-refractivity contribution in [3.05, 3.63) is 29.8 Å². The van der Waals surface area contributed by atoms with E-state index in [1.807, 2.05) is 0 Å². The third-order valence-corrected chi connectivity index (χ3v) is 3.70. The molecule has 1 aromatic carbocycles. The number of carbonyl (C=O) groups excluding carboxylic acids is 2. The highest BCUT2D eigenvalue weighted by Crippen LogP contribution is 2.18. The molecule has 1 aromatic rings. The summed E-state index contributed by atoms with van der Waals surface area (Å²) in [6.45, 7) is 0. The molecule has 0 atom stereocenters. The number of ether oxygens (including phenoxy) is 1. The van der Waals surface area contributed by atoms with E-state index >= 15 is 0 Å². The Kier molecular flexibility index (Phi) is 5.16. The van der Waals surface area contributed by atoms with Crippen molar-refractivity contribution in [1.82, 2.24) is 5.32 Å². The van der Waals surface area contributed by atoms with Crippen molar-refractivity contribution in [2.24, 2.45) is 0 Å². The minimum atomic E-state index is -0.169. The fourth-order valence-electron chi connectivity index (χ4n) is 2.55. The summed E-state index contributed by atoms with van der Waals surface area (Å²) in [6.07, 6.45) is 5.56. The number of hydrogen-bond acceptors (Lipinski definition) is 3. The van der Waals surface area contributed by atoms with Crippen molar-refractivity contribution in [2.45, 2.75) is 44.6 Å². The third kappa shape index (κ3) is 4.08. The lowest BCUT2D eigenvalue weighted by Gasteiger charge is -2.22. The first-order valence-corrected chi connectivity index (χ1v) is 7.15. The zero-order chi connectivity index (χ0) is 14.4. The molecule has 20 heavy (non-hydrogen) atoms. The van der Waals surface area contributed by atoms with Gasteiger partial charge in [0.2, 0.25) is 5.91 Å². The van der Waals surface area contributed by atoms with Gasteiger partial charge < -0.3 is 10.1 Å². The van der Waals surface area contributed by atoms with Crippen LogP contribution in [0.15, 0.2) is 24.3 Å². The molecule has 1 fully saturated rings. The minimum Gasteiger partial charge on any atom is -0.497 e. The van der Waals surface area contributed by atoms with Gasteiger partial charge >= 0.3 is 0 Å². The fourth-order valence-corrected chi connectivity index (χ4v) is 2.55. The number of hydrogen-bond donors (Lipinski definition) is 1. The summed E-state index contributed by atoms with van der Waals surface area (Å²) in [5.41, 5.74) is 0.546. The first kappa shape index (κ1) is 14.6. The van der Waals surface area contributed by atoms with E-state index in [4.69, 9.17) is 4.74 Å². The SMILES string of the molecule is COc1ccc(C(=O)CC(=O)NC2CCCCC2)cc1. The summed E-state index contributed by atoms with van der Waals surface area (Å²) in [7, 11) is 1.58. The Balaban J connectivity index is 1.84. The normalized spacial score (nSPS) is 15.7. The van der Waals surface area contributed by atoms with Gasteiger partial charge in [-0.15, -0.1) is 0 Å². The average Bonchev–Trinajstić information content (AvgIpc) is 2.48. The Morgan fingerprint density at radius 3 is 2.40 bits per heavy atom. The van der Waals surface area contributed by atoms with Crippen LogP contribution >= 0.6 is 0 Å². The Morgan fingerprint density at radius 2 is 1.80 bits per heavy atom. The Labute approximate surface area is 119 Å². The van der Waals surface area contributed by atoms with Crippen molar-refractivity contribution >= 4 is 11.7 Å². The second-order valence-corrected chi connectivity index (χ2v) is 5.23. The van der Waals surface area contributed by atoms with Crippen LogP contribution in [0.5, 0.6) is 5.75 Å². The van der Waals surface area contributed by atoms with Crippen molar-refractivity contribution < 1.29 is 14.3 Å². The molecule has 0 radical (unpaired) electrons. The molecule has 0 bridgehead atoms. The number of benzene rings is 1. The molecule has 1 saturated carbocycles. The average molecular weight is 275 g/mol. The van der Waals surface area contributed by atoms with Gasteiger partial charge in [-0.05, 0) is 37.1 Å². The van der Waals surface area contributed by atoms with E-state index in [9.17, 15) is 9.59 Å². The van der Waals surface area contributed by atoms with Crippen molar-refractivity contribution in [3.63, 3.8) is 0 Å². The van der Waals surface area contributed by atoms with Gasteiger partial charge in [0, 0.05) is 11.6 Å². The van der Waals surface area contributed by atoms with Crippen LogP contribution in [-0.2, 0) is 4.79 Å². The molecule has 1 amide bonds. The molecule has 1 aliphatic carbocycles. The van der Waals surface area contributed by atoms with E-state index in [-0.39, 0.29) is 24.2 Å². The highest BCUT2D eigenvalue weighted by Gasteiger charge is 2.18. The first-order valence-electron chi connectivity index (χ1n) is 7.15.